The molecule has 0 spiro atoms. The van der Waals surface area contributed by atoms with Crippen molar-refractivity contribution in [3.63, 3.8) is 0 Å². The Hall–Kier alpha value is -0.360. The van der Waals surface area contributed by atoms with Crippen molar-refractivity contribution in [2.75, 3.05) is 13.2 Å². The molecule has 1 fully saturated rings. The van der Waals surface area contributed by atoms with E-state index in [9.17, 15) is 4.79 Å². The van der Waals surface area contributed by atoms with Gasteiger partial charge in [0.05, 0.1) is 10.2 Å². The SMILES string of the molecule is O=c1c(I)cccn1CC1CCOC1. The predicted molar refractivity (Wildman–Crippen MR) is 62.3 cm³/mol. The van der Waals surface area contributed by atoms with E-state index >= 15 is 0 Å². The van der Waals surface area contributed by atoms with Crippen LogP contribution in [0.1, 0.15) is 6.42 Å². The molecule has 0 N–H and O–H groups in total. The van der Waals surface area contributed by atoms with Crippen LogP contribution in [0, 0.1) is 9.49 Å². The van der Waals surface area contributed by atoms with Gasteiger partial charge in [0.15, 0.2) is 0 Å². The summed E-state index contributed by atoms with van der Waals surface area (Å²) in [6, 6.07) is 3.75. The molecule has 3 nitrogen and oxygen atoms in total. The third kappa shape index (κ3) is 2.17. The van der Waals surface area contributed by atoms with Crippen LogP contribution in [0.25, 0.3) is 0 Å². The fourth-order valence-corrected chi connectivity index (χ4v) is 2.17. The first kappa shape index (κ1) is 10.2. The van der Waals surface area contributed by atoms with Crippen LogP contribution >= 0.6 is 22.6 Å². The first-order valence-corrected chi connectivity index (χ1v) is 5.78. The highest BCUT2D eigenvalue weighted by Crippen LogP contribution is 2.13. The molecule has 1 aliphatic rings. The molecule has 0 radical (unpaired) electrons. The molecular weight excluding hydrogens is 293 g/mol. The lowest BCUT2D eigenvalue weighted by molar-refractivity contribution is 0.182. The van der Waals surface area contributed by atoms with E-state index < -0.39 is 0 Å². The summed E-state index contributed by atoms with van der Waals surface area (Å²) in [5.74, 6) is 0.505. The quantitative estimate of drug-likeness (QED) is 0.775. The normalized spacial score (nSPS) is 21.4. The Balaban J connectivity index is 2.16. The van der Waals surface area contributed by atoms with Crippen LogP contribution in [0.2, 0.25) is 0 Å². The minimum atomic E-state index is 0.111. The van der Waals surface area contributed by atoms with Crippen LogP contribution in [-0.4, -0.2) is 17.8 Å². The van der Waals surface area contributed by atoms with E-state index in [-0.39, 0.29) is 5.56 Å². The predicted octanol–water partition coefficient (Wildman–Crippen LogP) is 1.49. The first-order valence-electron chi connectivity index (χ1n) is 4.70. The van der Waals surface area contributed by atoms with Crippen LogP contribution in [0.4, 0.5) is 0 Å². The zero-order chi connectivity index (χ0) is 9.97. The van der Waals surface area contributed by atoms with E-state index in [1.807, 2.05) is 18.3 Å². The Kier molecular flexibility index (Phi) is 3.22. The topological polar surface area (TPSA) is 31.2 Å². The monoisotopic (exact) mass is 305 g/mol. The molecular formula is C10H12INO2. The molecule has 76 valence electrons. The molecule has 1 aromatic heterocycles. The Labute approximate surface area is 96.2 Å². The fraction of sp³-hybridized carbons (Fsp3) is 0.500. The second-order valence-corrected chi connectivity index (χ2v) is 4.71. The van der Waals surface area contributed by atoms with Gasteiger partial charge in [0.2, 0.25) is 0 Å². The number of halogens is 1. The van der Waals surface area contributed by atoms with Gasteiger partial charge >= 0.3 is 0 Å². The zero-order valence-corrected chi connectivity index (χ0v) is 9.94. The molecule has 1 atom stereocenters. The Morgan fingerprint density at radius 3 is 3.21 bits per heavy atom. The van der Waals surface area contributed by atoms with Gasteiger partial charge in [-0.2, -0.15) is 0 Å². The Morgan fingerprint density at radius 1 is 1.64 bits per heavy atom. The first-order chi connectivity index (χ1) is 6.77. The number of nitrogens with zero attached hydrogens (tertiary/aromatic N) is 1. The summed E-state index contributed by atoms with van der Waals surface area (Å²) in [6.07, 6.45) is 2.92. The van der Waals surface area contributed by atoms with Crippen molar-refractivity contribution in [2.45, 2.75) is 13.0 Å². The number of aromatic nitrogens is 1. The number of rotatable bonds is 2. The highest BCUT2D eigenvalue weighted by Gasteiger charge is 2.16. The van der Waals surface area contributed by atoms with Crippen molar-refractivity contribution in [1.29, 1.82) is 0 Å². The second-order valence-electron chi connectivity index (χ2n) is 3.54. The highest BCUT2D eigenvalue weighted by molar-refractivity contribution is 14.1. The van der Waals surface area contributed by atoms with Gasteiger partial charge in [-0.1, -0.05) is 0 Å². The average molecular weight is 305 g/mol. The number of hydrogen-bond acceptors (Lipinski definition) is 2. The van der Waals surface area contributed by atoms with Crippen molar-refractivity contribution < 1.29 is 4.74 Å². The molecule has 0 aliphatic carbocycles. The molecule has 14 heavy (non-hydrogen) atoms. The third-order valence-electron chi connectivity index (χ3n) is 2.45. The maximum atomic E-state index is 11.7. The minimum Gasteiger partial charge on any atom is -0.381 e. The zero-order valence-electron chi connectivity index (χ0n) is 7.78. The van der Waals surface area contributed by atoms with Crippen molar-refractivity contribution in [3.05, 3.63) is 32.3 Å². The van der Waals surface area contributed by atoms with Gasteiger partial charge in [0.1, 0.15) is 0 Å². The Morgan fingerprint density at radius 2 is 2.50 bits per heavy atom. The van der Waals surface area contributed by atoms with Gasteiger partial charge in [-0.25, -0.2) is 0 Å². The minimum absolute atomic E-state index is 0.111. The molecule has 2 heterocycles. The molecule has 0 amide bonds. The van der Waals surface area contributed by atoms with Crippen LogP contribution in [0.15, 0.2) is 23.1 Å². The van der Waals surface area contributed by atoms with Crippen LogP contribution in [0.5, 0.6) is 0 Å². The molecule has 0 aromatic carbocycles. The molecule has 4 heteroatoms. The van der Waals surface area contributed by atoms with Gasteiger partial charge in [-0.15, -0.1) is 0 Å². The summed E-state index contributed by atoms with van der Waals surface area (Å²) in [4.78, 5) is 11.7. The van der Waals surface area contributed by atoms with Crippen LogP contribution < -0.4 is 5.56 Å². The summed E-state index contributed by atoms with van der Waals surface area (Å²) >= 11 is 2.07. The van der Waals surface area contributed by atoms with Crippen molar-refractivity contribution in [2.24, 2.45) is 5.92 Å². The summed E-state index contributed by atoms with van der Waals surface area (Å²) in [5, 5.41) is 0. The standard InChI is InChI=1S/C10H12INO2/c11-9-2-1-4-12(10(9)13)6-8-3-5-14-7-8/h1-2,4,8H,3,5-7H2. The molecule has 0 saturated carbocycles. The lowest BCUT2D eigenvalue weighted by atomic mass is 10.1. The van der Waals surface area contributed by atoms with Gasteiger partial charge < -0.3 is 9.30 Å². The van der Waals surface area contributed by atoms with Crippen molar-refractivity contribution >= 4 is 22.6 Å². The number of hydrogen-bond donors (Lipinski definition) is 0. The summed E-state index contributed by atoms with van der Waals surface area (Å²) in [5.41, 5.74) is 0.111. The molecule has 2 rings (SSSR count). The lowest BCUT2D eigenvalue weighted by Gasteiger charge is -2.10. The lowest BCUT2D eigenvalue weighted by Crippen LogP contribution is -2.25. The summed E-state index contributed by atoms with van der Waals surface area (Å²) in [6.45, 7) is 2.41. The summed E-state index contributed by atoms with van der Waals surface area (Å²) < 4.78 is 7.84. The van der Waals surface area contributed by atoms with E-state index in [2.05, 4.69) is 22.6 Å². The Bertz CT molecular complexity index is 369. The molecule has 1 aliphatic heterocycles. The van der Waals surface area contributed by atoms with E-state index in [1.54, 1.807) is 4.57 Å². The molecule has 1 aromatic rings. The summed E-state index contributed by atoms with van der Waals surface area (Å²) in [7, 11) is 0. The van der Waals surface area contributed by atoms with Crippen molar-refractivity contribution in [1.82, 2.24) is 4.57 Å². The molecule has 1 saturated heterocycles. The highest BCUT2D eigenvalue weighted by atomic mass is 127. The van der Waals surface area contributed by atoms with E-state index in [4.69, 9.17) is 4.74 Å². The fourth-order valence-electron chi connectivity index (χ4n) is 1.66. The van der Waals surface area contributed by atoms with Gasteiger partial charge in [0, 0.05) is 25.3 Å². The smallest absolute Gasteiger partial charge is 0.263 e. The van der Waals surface area contributed by atoms with Gasteiger partial charge in [-0.3, -0.25) is 4.79 Å². The van der Waals surface area contributed by atoms with Crippen LogP contribution in [0.3, 0.4) is 0 Å². The van der Waals surface area contributed by atoms with E-state index in [0.717, 1.165) is 29.7 Å². The number of ether oxygens (including phenoxy) is 1. The van der Waals surface area contributed by atoms with Gasteiger partial charge in [0.25, 0.3) is 5.56 Å². The van der Waals surface area contributed by atoms with Crippen molar-refractivity contribution in [3.8, 4) is 0 Å². The largest absolute Gasteiger partial charge is 0.381 e. The third-order valence-corrected chi connectivity index (χ3v) is 3.27. The maximum absolute atomic E-state index is 11.7. The van der Waals surface area contributed by atoms with E-state index in [0.29, 0.717) is 5.92 Å². The van der Waals surface area contributed by atoms with Crippen LogP contribution in [-0.2, 0) is 11.3 Å². The maximum Gasteiger partial charge on any atom is 0.263 e. The number of pyridine rings is 1. The van der Waals surface area contributed by atoms with Gasteiger partial charge in [-0.05, 0) is 41.1 Å². The molecule has 0 bridgehead atoms. The average Bonchev–Trinajstić information content (AvgIpc) is 2.66. The second kappa shape index (κ2) is 4.44. The van der Waals surface area contributed by atoms with E-state index in [1.165, 1.54) is 0 Å². The molecule has 1 unspecified atom stereocenters.